The molecule has 0 fully saturated rings. The van der Waals surface area contributed by atoms with Gasteiger partial charge in [-0.1, -0.05) is 87.4 Å². The van der Waals surface area contributed by atoms with Crippen LogP contribution in [0.3, 0.4) is 0 Å². The van der Waals surface area contributed by atoms with Gasteiger partial charge in [0.1, 0.15) is 0 Å². The van der Waals surface area contributed by atoms with Crippen molar-refractivity contribution in [3.63, 3.8) is 0 Å². The average Bonchev–Trinajstić information content (AvgIpc) is 2.79. The van der Waals surface area contributed by atoms with E-state index in [0.717, 1.165) is 64.2 Å². The van der Waals surface area contributed by atoms with Crippen molar-refractivity contribution >= 4 is 5.91 Å². The third kappa shape index (κ3) is 20.0. The van der Waals surface area contributed by atoms with Crippen molar-refractivity contribution in [3.05, 3.63) is 60.8 Å². The molecule has 0 rings (SSSR count). The topological polar surface area (TPSA) is 69.6 Å². The molecule has 0 aromatic heterocycles. The van der Waals surface area contributed by atoms with Crippen molar-refractivity contribution in [2.45, 2.75) is 103 Å². The first-order valence-electron chi connectivity index (χ1n) is 12.5. The molecule has 2 atom stereocenters. The largest absolute Gasteiger partial charge is 0.394 e. The normalized spacial score (nSPS) is 14.5. The fourth-order valence-electron chi connectivity index (χ4n) is 3.05. The minimum absolute atomic E-state index is 0.118. The molecular weight excluding hydrogens is 398 g/mol. The maximum atomic E-state index is 12.1. The molecule has 0 aliphatic carbocycles. The fourth-order valence-corrected chi connectivity index (χ4v) is 3.05. The van der Waals surface area contributed by atoms with Gasteiger partial charge in [0.25, 0.3) is 0 Å². The molecule has 0 saturated heterocycles. The number of hydrogen-bond donors (Lipinski definition) is 3. The second-order valence-corrected chi connectivity index (χ2v) is 8.02. The molecule has 0 aliphatic heterocycles. The zero-order valence-corrected chi connectivity index (χ0v) is 20.4. The van der Waals surface area contributed by atoms with Crippen LogP contribution in [0.5, 0.6) is 0 Å². The van der Waals surface area contributed by atoms with Crippen LogP contribution in [0.25, 0.3) is 0 Å². The summed E-state index contributed by atoms with van der Waals surface area (Å²) >= 11 is 0. The highest BCUT2D eigenvalue weighted by Gasteiger charge is 2.17. The maximum absolute atomic E-state index is 12.1. The monoisotopic (exact) mass is 445 g/mol. The number of amides is 1. The first-order chi connectivity index (χ1) is 15.7. The Balaban J connectivity index is 3.83. The zero-order valence-electron chi connectivity index (χ0n) is 20.4. The molecule has 0 heterocycles. The van der Waals surface area contributed by atoms with E-state index >= 15 is 0 Å². The second-order valence-electron chi connectivity index (χ2n) is 8.02. The summed E-state index contributed by atoms with van der Waals surface area (Å²) in [6.07, 6.45) is 31.7. The lowest BCUT2D eigenvalue weighted by atomic mass is 10.1. The summed E-state index contributed by atoms with van der Waals surface area (Å²) in [7, 11) is 0. The molecule has 2 unspecified atom stereocenters. The number of carbonyl (C=O) groups excluding carboxylic acids is 1. The number of rotatable bonds is 20. The summed E-state index contributed by atoms with van der Waals surface area (Å²) in [5.74, 6) is -0.118. The molecule has 3 N–H and O–H groups in total. The number of allylic oxidation sites excluding steroid dienone is 9. The number of nitrogens with one attached hydrogen (secondary N) is 1. The van der Waals surface area contributed by atoms with Gasteiger partial charge in [-0.05, 0) is 57.8 Å². The van der Waals surface area contributed by atoms with Gasteiger partial charge in [-0.2, -0.15) is 0 Å². The Bertz CT molecular complexity index is 575. The van der Waals surface area contributed by atoms with Crippen LogP contribution in [0, 0.1) is 0 Å². The van der Waals surface area contributed by atoms with Crippen molar-refractivity contribution in [1.29, 1.82) is 0 Å². The van der Waals surface area contributed by atoms with Crippen LogP contribution in [-0.4, -0.2) is 34.9 Å². The Morgan fingerprint density at radius 3 is 1.94 bits per heavy atom. The molecule has 0 spiro atoms. The van der Waals surface area contributed by atoms with E-state index in [9.17, 15) is 15.0 Å². The third-order valence-corrected chi connectivity index (χ3v) is 5.01. The molecule has 0 aromatic rings. The number of aliphatic hydroxyl groups is 2. The van der Waals surface area contributed by atoms with Gasteiger partial charge in [-0.25, -0.2) is 0 Å². The van der Waals surface area contributed by atoms with E-state index in [-0.39, 0.29) is 12.5 Å². The summed E-state index contributed by atoms with van der Waals surface area (Å²) in [6.45, 7) is 4.02. The quantitative estimate of drug-likeness (QED) is 0.152. The number of unbranched alkanes of at least 4 members (excludes halogenated alkanes) is 5. The predicted molar refractivity (Wildman–Crippen MR) is 137 cm³/mol. The molecule has 0 aliphatic rings. The van der Waals surface area contributed by atoms with Crippen molar-refractivity contribution in [3.8, 4) is 0 Å². The van der Waals surface area contributed by atoms with E-state index in [2.05, 4.69) is 67.8 Å². The predicted octanol–water partition coefficient (Wildman–Crippen LogP) is 6.33. The van der Waals surface area contributed by atoms with Crippen LogP contribution in [-0.2, 0) is 4.79 Å². The molecule has 4 heteroatoms. The molecule has 0 saturated carbocycles. The molecule has 0 aromatic carbocycles. The van der Waals surface area contributed by atoms with E-state index in [1.165, 1.54) is 6.42 Å². The van der Waals surface area contributed by atoms with Crippen LogP contribution in [0.15, 0.2) is 60.8 Å². The van der Waals surface area contributed by atoms with E-state index in [1.54, 1.807) is 6.08 Å². The summed E-state index contributed by atoms with van der Waals surface area (Å²) in [5.41, 5.74) is 0. The molecular formula is C28H47NO3. The van der Waals surface area contributed by atoms with Gasteiger partial charge in [0.15, 0.2) is 0 Å². The van der Waals surface area contributed by atoms with Crippen LogP contribution in [0.4, 0.5) is 0 Å². The van der Waals surface area contributed by atoms with E-state index in [4.69, 9.17) is 0 Å². The first kappa shape index (κ1) is 30.1. The molecule has 1 amide bonds. The van der Waals surface area contributed by atoms with Gasteiger partial charge >= 0.3 is 0 Å². The van der Waals surface area contributed by atoms with Crippen molar-refractivity contribution < 1.29 is 15.0 Å². The second kappa shape index (κ2) is 23.7. The minimum atomic E-state index is -0.852. The van der Waals surface area contributed by atoms with Gasteiger partial charge < -0.3 is 15.5 Å². The van der Waals surface area contributed by atoms with E-state index in [1.807, 2.05) is 6.08 Å². The Kier molecular flexibility index (Phi) is 22.3. The third-order valence-electron chi connectivity index (χ3n) is 5.01. The molecule has 182 valence electrons. The minimum Gasteiger partial charge on any atom is -0.394 e. The first-order valence-corrected chi connectivity index (χ1v) is 12.5. The number of carbonyl (C=O) groups is 1. The van der Waals surface area contributed by atoms with Crippen LogP contribution in [0.2, 0.25) is 0 Å². The maximum Gasteiger partial charge on any atom is 0.220 e. The zero-order chi connectivity index (χ0) is 23.7. The van der Waals surface area contributed by atoms with Gasteiger partial charge in [0.05, 0.1) is 18.8 Å². The summed E-state index contributed by atoms with van der Waals surface area (Å²) in [4.78, 5) is 12.1. The Hall–Kier alpha value is -1.91. The van der Waals surface area contributed by atoms with Crippen molar-refractivity contribution in [2.75, 3.05) is 6.61 Å². The summed E-state index contributed by atoms with van der Waals surface area (Å²) in [6, 6.07) is -0.640. The Morgan fingerprint density at radius 2 is 1.34 bits per heavy atom. The van der Waals surface area contributed by atoms with Gasteiger partial charge in [0, 0.05) is 6.42 Å². The van der Waals surface area contributed by atoms with E-state index in [0.29, 0.717) is 6.42 Å². The highest BCUT2D eigenvalue weighted by molar-refractivity contribution is 5.76. The van der Waals surface area contributed by atoms with Crippen LogP contribution >= 0.6 is 0 Å². The lowest BCUT2D eigenvalue weighted by molar-refractivity contribution is -0.123. The highest BCUT2D eigenvalue weighted by Crippen LogP contribution is 2.05. The molecule has 0 radical (unpaired) electrons. The fraction of sp³-hybridized carbons (Fsp3) is 0.607. The summed E-state index contributed by atoms with van der Waals surface area (Å²) < 4.78 is 0. The Labute approximate surface area is 196 Å². The average molecular weight is 446 g/mol. The van der Waals surface area contributed by atoms with Crippen molar-refractivity contribution in [2.24, 2.45) is 0 Å². The van der Waals surface area contributed by atoms with Crippen molar-refractivity contribution in [1.82, 2.24) is 5.32 Å². The van der Waals surface area contributed by atoms with Gasteiger partial charge in [-0.3, -0.25) is 4.79 Å². The lowest BCUT2D eigenvalue weighted by Gasteiger charge is -2.19. The number of hydrogen-bond acceptors (Lipinski definition) is 3. The number of aliphatic hydroxyl groups excluding tert-OH is 2. The van der Waals surface area contributed by atoms with Crippen LogP contribution < -0.4 is 5.32 Å². The standard InChI is InChI=1S/C28H47NO3/c1-3-5-7-9-10-11-12-13-14-15-16-17-18-20-22-24-28(32)29-26(25-30)27(31)23-21-19-8-6-4-2/h5,7,10-11,13-14,16-17,21,23,26-27,30-31H,3-4,6,8-9,12,15,18-20,22,24-25H2,1-2H3,(H,29,32)/b7-5-,11-10-,14-13-,17-16-,23-21+. The van der Waals surface area contributed by atoms with Gasteiger partial charge in [-0.15, -0.1) is 0 Å². The lowest BCUT2D eigenvalue weighted by Crippen LogP contribution is -2.45. The Morgan fingerprint density at radius 1 is 0.781 bits per heavy atom. The van der Waals surface area contributed by atoms with Gasteiger partial charge in [0.2, 0.25) is 5.91 Å². The molecule has 0 bridgehead atoms. The molecule has 32 heavy (non-hydrogen) atoms. The van der Waals surface area contributed by atoms with E-state index < -0.39 is 12.1 Å². The smallest absolute Gasteiger partial charge is 0.220 e. The highest BCUT2D eigenvalue weighted by atomic mass is 16.3. The SMILES string of the molecule is CC/C=C\C/C=C\C/C=C\C/C=C\CCCCC(=O)NC(CO)C(O)/C=C/CCCCC. The molecule has 4 nitrogen and oxygen atoms in total. The summed E-state index contributed by atoms with van der Waals surface area (Å²) in [5, 5.41) is 22.3. The van der Waals surface area contributed by atoms with Crippen LogP contribution in [0.1, 0.15) is 90.9 Å².